The second-order valence-corrected chi connectivity index (χ2v) is 7.54. The Morgan fingerprint density at radius 2 is 1.50 bits per heavy atom. The van der Waals surface area contributed by atoms with Gasteiger partial charge in [0.2, 0.25) is 0 Å². The molecule has 7 nitrogen and oxygen atoms in total. The van der Waals surface area contributed by atoms with Gasteiger partial charge in [0.1, 0.15) is 12.4 Å². The molecule has 0 unspecified atom stereocenters. The van der Waals surface area contributed by atoms with E-state index in [1.165, 1.54) is 18.2 Å². The molecule has 7 heteroatoms. The molecule has 0 atom stereocenters. The minimum Gasteiger partial charge on any atom is -0.489 e. The molecule has 0 fully saturated rings. The van der Waals surface area contributed by atoms with Gasteiger partial charge in [-0.1, -0.05) is 48.5 Å². The number of carboxylic acids is 1. The number of benzene rings is 4. The van der Waals surface area contributed by atoms with Crippen LogP contribution in [0.15, 0.2) is 97.1 Å². The summed E-state index contributed by atoms with van der Waals surface area (Å²) < 4.78 is 5.92. The van der Waals surface area contributed by atoms with Crippen molar-refractivity contribution in [1.29, 1.82) is 0 Å². The predicted molar refractivity (Wildman–Crippen MR) is 133 cm³/mol. The molecule has 0 heterocycles. The van der Waals surface area contributed by atoms with Crippen molar-refractivity contribution in [3.63, 3.8) is 0 Å². The molecule has 0 spiro atoms. The smallest absolute Gasteiger partial charge is 0.337 e. The quantitative estimate of drug-likeness (QED) is 0.260. The molecule has 4 rings (SSSR count). The number of nitrogens with two attached hydrogens (primary N) is 1. The number of ether oxygens (including phenoxy) is 1. The third-order valence-corrected chi connectivity index (χ3v) is 5.06. The maximum Gasteiger partial charge on any atom is 0.337 e. The van der Waals surface area contributed by atoms with Crippen molar-refractivity contribution in [2.24, 2.45) is 0 Å². The van der Waals surface area contributed by atoms with Crippen LogP contribution in [0.1, 0.15) is 26.3 Å². The number of carbonyl (C=O) groups is 2. The molecule has 5 N–H and O–H groups in total. The molecule has 0 bridgehead atoms. The second-order valence-electron chi connectivity index (χ2n) is 7.54. The molecular formula is C27H23N3O4. The molecule has 4 aromatic rings. The highest BCUT2D eigenvalue weighted by Crippen LogP contribution is 2.28. The maximum atomic E-state index is 13.2. The van der Waals surface area contributed by atoms with Gasteiger partial charge in [0.25, 0.3) is 5.91 Å². The minimum atomic E-state index is -1.19. The number of hydrogen-bond donors (Lipinski definition) is 4. The fourth-order valence-corrected chi connectivity index (χ4v) is 3.37. The third-order valence-electron chi connectivity index (χ3n) is 5.06. The Morgan fingerprint density at radius 3 is 2.21 bits per heavy atom. The van der Waals surface area contributed by atoms with Gasteiger partial charge in [0.05, 0.1) is 22.5 Å². The van der Waals surface area contributed by atoms with Gasteiger partial charge in [-0.15, -0.1) is 0 Å². The molecule has 170 valence electrons. The molecule has 0 aliphatic heterocycles. The Bertz CT molecular complexity index is 1310. The molecule has 34 heavy (non-hydrogen) atoms. The minimum absolute atomic E-state index is 0.0891. The van der Waals surface area contributed by atoms with E-state index in [0.29, 0.717) is 29.3 Å². The summed E-state index contributed by atoms with van der Waals surface area (Å²) in [7, 11) is 0. The van der Waals surface area contributed by atoms with E-state index in [9.17, 15) is 14.7 Å². The van der Waals surface area contributed by atoms with E-state index in [0.717, 1.165) is 11.3 Å². The monoisotopic (exact) mass is 453 g/mol. The Hall–Kier alpha value is -4.78. The van der Waals surface area contributed by atoms with Gasteiger partial charge >= 0.3 is 5.97 Å². The van der Waals surface area contributed by atoms with Crippen LogP contribution in [-0.4, -0.2) is 17.0 Å². The van der Waals surface area contributed by atoms with Gasteiger partial charge in [-0.05, 0) is 48.0 Å². The Labute approximate surface area is 196 Å². The van der Waals surface area contributed by atoms with Crippen molar-refractivity contribution in [2.45, 2.75) is 6.61 Å². The van der Waals surface area contributed by atoms with Gasteiger partial charge in [0, 0.05) is 17.4 Å². The largest absolute Gasteiger partial charge is 0.489 e. The van der Waals surface area contributed by atoms with Crippen molar-refractivity contribution in [2.75, 3.05) is 16.4 Å². The predicted octanol–water partition coefficient (Wildman–Crippen LogP) is 5.54. The standard InChI is InChI=1S/C27H23N3O4/c28-19-11-14-24(23(15-19)27(32)33)30-26(31)22-13-12-21(34-17-18-7-3-1-4-8-18)16-25(22)29-20-9-5-2-6-10-20/h1-16,29H,17,28H2,(H,30,31)(H,32,33). The second kappa shape index (κ2) is 10.2. The maximum absolute atomic E-state index is 13.2. The third kappa shape index (κ3) is 5.52. The summed E-state index contributed by atoms with van der Waals surface area (Å²) >= 11 is 0. The van der Waals surface area contributed by atoms with Crippen molar-refractivity contribution in [3.05, 3.63) is 114 Å². The molecule has 0 radical (unpaired) electrons. The number of amides is 1. The van der Waals surface area contributed by atoms with E-state index < -0.39 is 11.9 Å². The fraction of sp³-hybridized carbons (Fsp3) is 0.0370. The summed E-state index contributed by atoms with van der Waals surface area (Å²) in [5.41, 5.74) is 8.71. The van der Waals surface area contributed by atoms with E-state index in [1.54, 1.807) is 18.2 Å². The lowest BCUT2D eigenvalue weighted by atomic mass is 10.1. The number of aromatic carboxylic acids is 1. The van der Waals surface area contributed by atoms with Crippen LogP contribution in [0.2, 0.25) is 0 Å². The van der Waals surface area contributed by atoms with Gasteiger partial charge in [-0.2, -0.15) is 0 Å². The number of anilines is 4. The van der Waals surface area contributed by atoms with Crippen LogP contribution in [0.25, 0.3) is 0 Å². The van der Waals surface area contributed by atoms with Crippen LogP contribution < -0.4 is 21.1 Å². The summed E-state index contributed by atoms with van der Waals surface area (Å²) in [6, 6.07) is 28.6. The molecule has 0 aromatic heterocycles. The highest BCUT2D eigenvalue weighted by molar-refractivity contribution is 6.11. The highest BCUT2D eigenvalue weighted by atomic mass is 16.5. The van der Waals surface area contributed by atoms with Crippen LogP contribution in [0.4, 0.5) is 22.7 Å². The summed E-state index contributed by atoms with van der Waals surface area (Å²) in [5.74, 6) is -1.08. The number of nitrogen functional groups attached to an aromatic ring is 1. The first-order valence-corrected chi connectivity index (χ1v) is 10.6. The Balaban J connectivity index is 1.62. The van der Waals surface area contributed by atoms with Crippen molar-refractivity contribution in [3.8, 4) is 5.75 Å². The average molecular weight is 453 g/mol. The molecule has 4 aromatic carbocycles. The highest BCUT2D eigenvalue weighted by Gasteiger charge is 2.17. The first-order chi connectivity index (χ1) is 16.5. The Morgan fingerprint density at radius 1 is 0.794 bits per heavy atom. The first kappa shape index (κ1) is 22.4. The molecule has 1 amide bonds. The van der Waals surface area contributed by atoms with E-state index >= 15 is 0 Å². The number of para-hydroxylation sites is 1. The van der Waals surface area contributed by atoms with Crippen molar-refractivity contribution >= 4 is 34.6 Å². The van der Waals surface area contributed by atoms with Crippen molar-refractivity contribution < 1.29 is 19.4 Å². The number of carboxylic acid groups (broad SMARTS) is 1. The lowest BCUT2D eigenvalue weighted by Gasteiger charge is -2.16. The normalized spacial score (nSPS) is 10.4. The van der Waals surface area contributed by atoms with Crippen LogP contribution in [0.3, 0.4) is 0 Å². The summed E-state index contributed by atoms with van der Waals surface area (Å²) in [6.45, 7) is 0.380. The van der Waals surface area contributed by atoms with Gasteiger partial charge < -0.3 is 26.2 Å². The van der Waals surface area contributed by atoms with Crippen molar-refractivity contribution in [1.82, 2.24) is 0 Å². The van der Waals surface area contributed by atoms with E-state index in [2.05, 4.69) is 10.6 Å². The Kier molecular flexibility index (Phi) is 6.74. The number of nitrogens with one attached hydrogen (secondary N) is 2. The van der Waals surface area contributed by atoms with Gasteiger partial charge in [0.15, 0.2) is 0 Å². The molecular weight excluding hydrogens is 430 g/mol. The number of rotatable bonds is 8. The lowest BCUT2D eigenvalue weighted by Crippen LogP contribution is -2.16. The SMILES string of the molecule is Nc1ccc(NC(=O)c2ccc(OCc3ccccc3)cc2Nc2ccccc2)c(C(=O)O)c1. The van der Waals surface area contributed by atoms with Crippen LogP contribution in [0, 0.1) is 0 Å². The summed E-state index contributed by atoms with van der Waals surface area (Å²) in [5, 5.41) is 15.4. The fourth-order valence-electron chi connectivity index (χ4n) is 3.37. The average Bonchev–Trinajstić information content (AvgIpc) is 2.85. The van der Waals surface area contributed by atoms with E-state index in [-0.39, 0.29) is 11.3 Å². The van der Waals surface area contributed by atoms with Gasteiger partial charge in [-0.25, -0.2) is 4.79 Å². The molecule has 0 saturated carbocycles. The molecule has 0 aliphatic carbocycles. The van der Waals surface area contributed by atoms with E-state index in [1.807, 2.05) is 60.7 Å². The van der Waals surface area contributed by atoms with Crippen LogP contribution in [-0.2, 0) is 6.61 Å². The lowest BCUT2D eigenvalue weighted by molar-refractivity contribution is 0.0698. The number of hydrogen-bond acceptors (Lipinski definition) is 5. The number of carbonyl (C=O) groups excluding carboxylic acids is 1. The zero-order valence-electron chi connectivity index (χ0n) is 18.2. The molecule has 0 saturated heterocycles. The summed E-state index contributed by atoms with van der Waals surface area (Å²) in [6.07, 6.45) is 0. The first-order valence-electron chi connectivity index (χ1n) is 10.6. The molecule has 0 aliphatic rings. The van der Waals surface area contributed by atoms with E-state index in [4.69, 9.17) is 10.5 Å². The van der Waals surface area contributed by atoms with Crippen LogP contribution in [0.5, 0.6) is 5.75 Å². The zero-order chi connectivity index (χ0) is 23.9. The summed E-state index contributed by atoms with van der Waals surface area (Å²) in [4.78, 5) is 24.8. The van der Waals surface area contributed by atoms with Crippen LogP contribution >= 0.6 is 0 Å². The zero-order valence-corrected chi connectivity index (χ0v) is 18.2. The topological polar surface area (TPSA) is 114 Å². The van der Waals surface area contributed by atoms with Gasteiger partial charge in [-0.3, -0.25) is 4.79 Å².